The molecule has 0 saturated carbocycles. The molecule has 2 heterocycles. The third-order valence-corrected chi connectivity index (χ3v) is 6.27. The molecule has 0 atom stereocenters. The van der Waals surface area contributed by atoms with Crippen molar-refractivity contribution in [1.82, 2.24) is 9.55 Å². The van der Waals surface area contributed by atoms with E-state index < -0.39 is 0 Å². The van der Waals surface area contributed by atoms with E-state index in [-0.39, 0.29) is 0 Å². The van der Waals surface area contributed by atoms with Gasteiger partial charge in [0, 0.05) is 22.6 Å². The summed E-state index contributed by atoms with van der Waals surface area (Å²) in [6.45, 7) is 0.781. The summed E-state index contributed by atoms with van der Waals surface area (Å²) < 4.78 is 14.1. The van der Waals surface area contributed by atoms with E-state index in [2.05, 4.69) is 61.2 Å². The first-order valence-electron chi connectivity index (χ1n) is 9.78. The van der Waals surface area contributed by atoms with Crippen LogP contribution in [0, 0.1) is 0 Å². The molecule has 0 unspecified atom stereocenters. The van der Waals surface area contributed by atoms with Crippen molar-refractivity contribution in [3.8, 4) is 22.8 Å². The fourth-order valence-corrected chi connectivity index (χ4v) is 4.51. The standard InChI is InChI=1S/C24H22BrN3O2S/c1-29-22-10-5-17(14-23(22)30-2)11-13-28-21(18-6-8-19(25)9-7-18)16-31-24(28)27-20-4-3-12-26-15-20/h3-10,12,14-16H,11,13H2,1-2H3. The number of pyridine rings is 1. The highest BCUT2D eigenvalue weighted by molar-refractivity contribution is 9.10. The number of aromatic nitrogens is 2. The Morgan fingerprint density at radius 2 is 1.84 bits per heavy atom. The average molecular weight is 496 g/mol. The molecule has 0 bridgehead atoms. The predicted molar refractivity (Wildman–Crippen MR) is 128 cm³/mol. The first-order chi connectivity index (χ1) is 15.2. The fraction of sp³-hybridized carbons (Fsp3) is 0.167. The molecule has 0 amide bonds. The lowest BCUT2D eigenvalue weighted by molar-refractivity contribution is 0.354. The monoisotopic (exact) mass is 495 g/mol. The Morgan fingerprint density at radius 3 is 2.55 bits per heavy atom. The van der Waals surface area contributed by atoms with Crippen LogP contribution < -0.4 is 14.3 Å². The summed E-state index contributed by atoms with van der Waals surface area (Å²) in [6, 6.07) is 18.3. The largest absolute Gasteiger partial charge is 0.493 e. The van der Waals surface area contributed by atoms with E-state index >= 15 is 0 Å². The molecular weight excluding hydrogens is 474 g/mol. The van der Waals surface area contributed by atoms with E-state index in [1.54, 1.807) is 38.0 Å². The number of benzene rings is 2. The number of hydrogen-bond acceptors (Lipinski definition) is 5. The van der Waals surface area contributed by atoms with Gasteiger partial charge in [-0.1, -0.05) is 34.1 Å². The van der Waals surface area contributed by atoms with Crippen molar-refractivity contribution in [2.75, 3.05) is 14.2 Å². The highest BCUT2D eigenvalue weighted by Gasteiger charge is 2.10. The second-order valence-corrected chi connectivity index (χ2v) is 8.58. The molecule has 2 aromatic carbocycles. The van der Waals surface area contributed by atoms with Gasteiger partial charge in [-0.3, -0.25) is 4.98 Å². The molecule has 0 fully saturated rings. The molecule has 0 aliphatic carbocycles. The van der Waals surface area contributed by atoms with Crippen LogP contribution in [-0.2, 0) is 13.0 Å². The topological polar surface area (TPSA) is 48.6 Å². The molecule has 7 heteroatoms. The highest BCUT2D eigenvalue weighted by Crippen LogP contribution is 2.28. The Hall–Kier alpha value is -2.90. The van der Waals surface area contributed by atoms with Crippen LogP contribution in [0.5, 0.6) is 11.5 Å². The van der Waals surface area contributed by atoms with Crippen LogP contribution in [0.25, 0.3) is 11.3 Å². The third kappa shape index (κ3) is 5.06. The molecular formula is C24H22BrN3O2S. The van der Waals surface area contributed by atoms with Crippen LogP contribution in [0.2, 0.25) is 0 Å². The summed E-state index contributed by atoms with van der Waals surface area (Å²) in [5.41, 5.74) is 4.30. The van der Waals surface area contributed by atoms with Gasteiger partial charge >= 0.3 is 0 Å². The van der Waals surface area contributed by atoms with Crippen molar-refractivity contribution >= 4 is 33.0 Å². The number of rotatable bonds is 7. The van der Waals surface area contributed by atoms with E-state index in [1.165, 1.54) is 5.56 Å². The summed E-state index contributed by atoms with van der Waals surface area (Å²) in [4.78, 5) is 9.96. The minimum Gasteiger partial charge on any atom is -0.493 e. The smallest absolute Gasteiger partial charge is 0.190 e. The molecule has 0 saturated heterocycles. The first-order valence-corrected chi connectivity index (χ1v) is 11.4. The Labute approximate surface area is 193 Å². The van der Waals surface area contributed by atoms with E-state index in [1.807, 2.05) is 24.3 Å². The van der Waals surface area contributed by atoms with Crippen LogP contribution in [-0.4, -0.2) is 23.8 Å². The summed E-state index contributed by atoms with van der Waals surface area (Å²) >= 11 is 5.15. The number of thiazole rings is 1. The van der Waals surface area contributed by atoms with Crippen LogP contribution in [0.4, 0.5) is 5.69 Å². The lowest BCUT2D eigenvalue weighted by atomic mass is 10.1. The SMILES string of the molecule is COc1ccc(CCn2c(-c3ccc(Br)cc3)csc2=Nc2cccnc2)cc1OC. The molecule has 158 valence electrons. The van der Waals surface area contributed by atoms with Crippen molar-refractivity contribution in [1.29, 1.82) is 0 Å². The summed E-state index contributed by atoms with van der Waals surface area (Å²) in [5.74, 6) is 1.47. The van der Waals surface area contributed by atoms with Gasteiger partial charge in [-0.25, -0.2) is 4.99 Å². The number of aryl methyl sites for hydroxylation is 1. The van der Waals surface area contributed by atoms with Gasteiger partial charge in [0.05, 0.1) is 31.8 Å². The maximum absolute atomic E-state index is 5.46. The predicted octanol–water partition coefficient (Wildman–Crippen LogP) is 5.87. The number of ether oxygens (including phenoxy) is 2. The van der Waals surface area contributed by atoms with Crippen molar-refractivity contribution in [2.24, 2.45) is 4.99 Å². The third-order valence-electron chi connectivity index (χ3n) is 4.88. The minimum absolute atomic E-state index is 0.734. The van der Waals surface area contributed by atoms with E-state index in [0.717, 1.165) is 50.7 Å². The summed E-state index contributed by atoms with van der Waals surface area (Å²) in [6.07, 6.45) is 4.37. The Morgan fingerprint density at radius 1 is 1.03 bits per heavy atom. The first kappa shape index (κ1) is 21.3. The Balaban J connectivity index is 1.71. The molecule has 0 spiro atoms. The fourth-order valence-electron chi connectivity index (χ4n) is 3.29. The minimum atomic E-state index is 0.734. The normalized spacial score (nSPS) is 11.5. The van der Waals surface area contributed by atoms with Gasteiger partial charge in [0.1, 0.15) is 0 Å². The molecule has 31 heavy (non-hydrogen) atoms. The van der Waals surface area contributed by atoms with Crippen molar-refractivity contribution in [3.05, 3.63) is 87.2 Å². The summed E-state index contributed by atoms with van der Waals surface area (Å²) in [5, 5.41) is 2.16. The number of methoxy groups -OCH3 is 2. The van der Waals surface area contributed by atoms with Gasteiger partial charge in [0.25, 0.3) is 0 Å². The van der Waals surface area contributed by atoms with Crippen LogP contribution >= 0.6 is 27.3 Å². The number of halogens is 1. The lowest BCUT2D eigenvalue weighted by Crippen LogP contribution is -2.17. The number of hydrogen-bond donors (Lipinski definition) is 0. The van der Waals surface area contributed by atoms with Crippen molar-refractivity contribution < 1.29 is 9.47 Å². The van der Waals surface area contributed by atoms with Gasteiger partial charge in [-0.2, -0.15) is 0 Å². The van der Waals surface area contributed by atoms with Crippen molar-refractivity contribution in [2.45, 2.75) is 13.0 Å². The quantitative estimate of drug-likeness (QED) is 0.322. The van der Waals surface area contributed by atoms with Crippen molar-refractivity contribution in [3.63, 3.8) is 0 Å². The Kier molecular flexibility index (Phi) is 6.84. The molecule has 4 aromatic rings. The van der Waals surface area contributed by atoms with E-state index in [4.69, 9.17) is 14.5 Å². The second kappa shape index (κ2) is 9.94. The molecule has 5 nitrogen and oxygen atoms in total. The van der Waals surface area contributed by atoms with E-state index in [9.17, 15) is 0 Å². The zero-order valence-electron chi connectivity index (χ0n) is 17.3. The molecule has 2 aromatic heterocycles. The second-order valence-electron chi connectivity index (χ2n) is 6.82. The van der Waals surface area contributed by atoms with Crippen LogP contribution in [0.3, 0.4) is 0 Å². The van der Waals surface area contributed by atoms with Crippen LogP contribution in [0.1, 0.15) is 5.56 Å². The van der Waals surface area contributed by atoms with Gasteiger partial charge in [-0.15, -0.1) is 11.3 Å². The molecule has 0 aliphatic heterocycles. The summed E-state index contributed by atoms with van der Waals surface area (Å²) in [7, 11) is 3.31. The van der Waals surface area contributed by atoms with Crippen LogP contribution in [0.15, 0.2) is 81.8 Å². The number of nitrogens with zero attached hydrogens (tertiary/aromatic N) is 3. The molecule has 4 rings (SSSR count). The lowest BCUT2D eigenvalue weighted by Gasteiger charge is -2.12. The van der Waals surface area contributed by atoms with Gasteiger partial charge in [0.15, 0.2) is 16.3 Å². The van der Waals surface area contributed by atoms with E-state index in [0.29, 0.717) is 0 Å². The Bertz CT molecular complexity index is 1220. The molecule has 0 radical (unpaired) electrons. The maximum atomic E-state index is 5.46. The highest BCUT2D eigenvalue weighted by atomic mass is 79.9. The average Bonchev–Trinajstić information content (AvgIpc) is 3.20. The van der Waals surface area contributed by atoms with Gasteiger partial charge in [0.2, 0.25) is 0 Å². The van der Waals surface area contributed by atoms with Gasteiger partial charge < -0.3 is 14.0 Å². The van der Waals surface area contributed by atoms with Gasteiger partial charge in [-0.05, 0) is 53.9 Å². The maximum Gasteiger partial charge on any atom is 0.190 e. The molecule has 0 N–H and O–H groups in total. The molecule has 0 aliphatic rings. The zero-order chi connectivity index (χ0) is 21.6. The zero-order valence-corrected chi connectivity index (χ0v) is 19.7.